The molecule has 1 aromatic rings. The number of hydrogen-bond donors (Lipinski definition) is 0. The van der Waals surface area contributed by atoms with Crippen LogP contribution in [0.25, 0.3) is 0 Å². The molecule has 38 heavy (non-hydrogen) atoms. The van der Waals surface area contributed by atoms with E-state index in [0.29, 0.717) is 17.9 Å². The van der Waals surface area contributed by atoms with E-state index in [1.807, 2.05) is 37.3 Å². The first-order chi connectivity index (χ1) is 18.0. The molecular weight excluding hydrogens is 486 g/mol. The molecule has 1 heterocycles. The molecule has 0 spiro atoms. The fourth-order valence-corrected chi connectivity index (χ4v) is 3.88. The van der Waals surface area contributed by atoms with Crippen molar-refractivity contribution in [3.8, 4) is 12.3 Å². The van der Waals surface area contributed by atoms with Gasteiger partial charge in [0.2, 0.25) is 5.91 Å². The molecule has 208 valence electrons. The van der Waals surface area contributed by atoms with E-state index in [9.17, 15) is 14.4 Å². The van der Waals surface area contributed by atoms with Crippen LogP contribution in [-0.2, 0) is 35.0 Å². The zero-order valence-corrected chi connectivity index (χ0v) is 23.6. The fraction of sp³-hybridized carbons (Fsp3) is 0.500. The average Bonchev–Trinajstić information content (AvgIpc) is 3.22. The number of carbonyl (C=O) groups excluding carboxylic acids is 3. The van der Waals surface area contributed by atoms with Gasteiger partial charge < -0.3 is 18.9 Å². The number of hydrogen-bond acceptors (Lipinski definition) is 7. The van der Waals surface area contributed by atoms with E-state index in [4.69, 9.17) is 18.9 Å². The van der Waals surface area contributed by atoms with Crippen molar-refractivity contribution in [3.63, 3.8) is 0 Å². The third kappa shape index (κ3) is 10.7. The van der Waals surface area contributed by atoms with Gasteiger partial charge in [-0.05, 0) is 71.6 Å². The van der Waals surface area contributed by atoms with E-state index in [-0.39, 0.29) is 31.8 Å². The zero-order chi connectivity index (χ0) is 28.7. The Labute approximate surface area is 227 Å². The van der Waals surface area contributed by atoms with Gasteiger partial charge in [0, 0.05) is 12.3 Å². The van der Waals surface area contributed by atoms with Crippen molar-refractivity contribution in [2.75, 3.05) is 20.8 Å². The molecule has 0 saturated carbocycles. The van der Waals surface area contributed by atoms with Crippen molar-refractivity contribution < 1.29 is 33.3 Å². The van der Waals surface area contributed by atoms with Crippen LogP contribution >= 0.6 is 0 Å². The minimum atomic E-state index is -0.667. The minimum absolute atomic E-state index is 0.0385. The van der Waals surface area contributed by atoms with Gasteiger partial charge in [-0.25, -0.2) is 9.69 Å². The van der Waals surface area contributed by atoms with Crippen LogP contribution < -0.4 is 0 Å². The zero-order valence-electron chi connectivity index (χ0n) is 23.6. The highest BCUT2D eigenvalue weighted by Crippen LogP contribution is 2.26. The van der Waals surface area contributed by atoms with Crippen molar-refractivity contribution in [1.29, 1.82) is 0 Å². The molecule has 1 aromatic carbocycles. The number of benzene rings is 1. The summed E-state index contributed by atoms with van der Waals surface area (Å²) in [5.41, 5.74) is 0.372. The van der Waals surface area contributed by atoms with Crippen LogP contribution in [0.3, 0.4) is 0 Å². The summed E-state index contributed by atoms with van der Waals surface area (Å²) >= 11 is 0. The van der Waals surface area contributed by atoms with Gasteiger partial charge in [-0.3, -0.25) is 9.59 Å². The van der Waals surface area contributed by atoms with Gasteiger partial charge in [0.15, 0.2) is 11.5 Å². The molecule has 0 aliphatic carbocycles. The topological polar surface area (TPSA) is 91.4 Å². The minimum Gasteiger partial charge on any atom is -0.493 e. The van der Waals surface area contributed by atoms with E-state index in [0.717, 1.165) is 5.56 Å². The first-order valence-electron chi connectivity index (χ1n) is 12.6. The maximum Gasteiger partial charge on any atom is 0.416 e. The lowest BCUT2D eigenvalue weighted by molar-refractivity contribution is -0.155. The molecule has 1 saturated heterocycles. The number of imide groups is 1. The molecule has 1 fully saturated rings. The van der Waals surface area contributed by atoms with Gasteiger partial charge in [0.1, 0.15) is 12.2 Å². The Bertz CT molecular complexity index is 1020. The molecule has 0 aromatic heterocycles. The highest BCUT2D eigenvalue weighted by Gasteiger charge is 2.40. The van der Waals surface area contributed by atoms with Gasteiger partial charge in [0.05, 0.1) is 20.3 Å². The number of methoxy groups -OCH3 is 2. The number of allylic oxidation sites excluding steroid dienone is 2. The summed E-state index contributed by atoms with van der Waals surface area (Å²) in [6.07, 6.45) is 8.40. The summed E-state index contributed by atoms with van der Waals surface area (Å²) in [5, 5.41) is 0. The third-order valence-corrected chi connectivity index (χ3v) is 5.51. The number of amides is 2. The van der Waals surface area contributed by atoms with Crippen LogP contribution in [0, 0.1) is 18.3 Å². The van der Waals surface area contributed by atoms with E-state index >= 15 is 0 Å². The maximum absolute atomic E-state index is 13.6. The van der Waals surface area contributed by atoms with Gasteiger partial charge in [0.25, 0.3) is 0 Å². The maximum atomic E-state index is 13.6. The first kappa shape index (κ1) is 32.3. The molecule has 8 heteroatoms. The van der Waals surface area contributed by atoms with E-state index in [2.05, 4.69) is 12.3 Å². The Morgan fingerprint density at radius 3 is 2.32 bits per heavy atom. The van der Waals surface area contributed by atoms with E-state index in [1.165, 1.54) is 19.1 Å². The highest BCUT2D eigenvalue weighted by atomic mass is 16.6. The molecule has 2 atom stereocenters. The summed E-state index contributed by atoms with van der Waals surface area (Å²) in [5.74, 6) is 1.79. The van der Waals surface area contributed by atoms with Gasteiger partial charge in [-0.1, -0.05) is 30.3 Å². The normalized spacial score (nSPS) is 16.4. The summed E-state index contributed by atoms with van der Waals surface area (Å²) in [7, 11) is 3.04. The largest absolute Gasteiger partial charge is 0.493 e. The lowest BCUT2D eigenvalue weighted by Crippen LogP contribution is -2.43. The van der Waals surface area contributed by atoms with Crippen molar-refractivity contribution in [1.82, 2.24) is 4.90 Å². The third-order valence-electron chi connectivity index (χ3n) is 5.51. The van der Waals surface area contributed by atoms with E-state index < -0.39 is 29.6 Å². The number of carbonyl (C=O) groups is 3. The predicted octanol–water partition coefficient (Wildman–Crippen LogP) is 5.42. The Morgan fingerprint density at radius 2 is 1.79 bits per heavy atom. The van der Waals surface area contributed by atoms with E-state index in [1.54, 1.807) is 39.8 Å². The molecule has 0 unspecified atom stereocenters. The summed E-state index contributed by atoms with van der Waals surface area (Å²) in [4.78, 5) is 39.7. The highest BCUT2D eigenvalue weighted by molar-refractivity contribution is 5.95. The van der Waals surface area contributed by atoms with Crippen LogP contribution in [0.1, 0.15) is 59.4 Å². The number of cyclic esters (lactones) is 1. The van der Waals surface area contributed by atoms with Gasteiger partial charge in [-0.15, -0.1) is 12.3 Å². The lowest BCUT2D eigenvalue weighted by atomic mass is 9.95. The smallest absolute Gasteiger partial charge is 0.416 e. The van der Waals surface area contributed by atoms with Crippen LogP contribution in [0.15, 0.2) is 54.0 Å². The van der Waals surface area contributed by atoms with Crippen LogP contribution in [0.2, 0.25) is 0 Å². The Kier molecular flexibility index (Phi) is 13.8. The monoisotopic (exact) mass is 527 g/mol. The van der Waals surface area contributed by atoms with Crippen molar-refractivity contribution in [2.45, 2.75) is 71.9 Å². The Hall–Kier alpha value is -3.73. The number of rotatable bonds is 11. The molecule has 2 amide bonds. The average molecular weight is 528 g/mol. The van der Waals surface area contributed by atoms with Crippen molar-refractivity contribution >= 4 is 18.0 Å². The van der Waals surface area contributed by atoms with Gasteiger partial charge in [-0.2, -0.15) is 0 Å². The molecule has 0 bridgehead atoms. The molecule has 0 radical (unpaired) electrons. The molecule has 1 aliphatic heterocycles. The summed E-state index contributed by atoms with van der Waals surface area (Å²) in [6.45, 7) is 8.96. The summed E-state index contributed by atoms with van der Waals surface area (Å²) in [6, 6.07) is 9.21. The SMILES string of the molecule is C#CC.C/C=C(OC)\C(=C/C[C@H](CCC(=O)OC(C)(C)C)C(=O)N1C(=O)OC[C@@H]1Cc1ccccc1)OC. The molecule has 1 aliphatic rings. The lowest BCUT2D eigenvalue weighted by Gasteiger charge is -2.25. The van der Waals surface area contributed by atoms with Crippen molar-refractivity contribution in [2.24, 2.45) is 5.92 Å². The van der Waals surface area contributed by atoms with Gasteiger partial charge >= 0.3 is 12.1 Å². The second kappa shape index (κ2) is 16.2. The van der Waals surface area contributed by atoms with Crippen LogP contribution in [0.5, 0.6) is 0 Å². The molecule has 2 rings (SSSR count). The molecule has 0 N–H and O–H groups in total. The quantitative estimate of drug-likeness (QED) is 0.164. The fourth-order valence-electron chi connectivity index (χ4n) is 3.88. The second-order valence-corrected chi connectivity index (χ2v) is 9.60. The standard InChI is InChI=1S/C27H37NO7.C3H4/c1-7-22(32-5)23(33-6)15-13-20(14-16-24(29)35-27(2,3)4)25(30)28-21(18-34-26(28)31)17-19-11-9-8-10-12-19;1-3-2/h7-12,15,20-21H,13-14,16-18H2,1-6H3;1H,2H3/b22-7+,23-15+;/t20-,21+;/m1./s1. The Morgan fingerprint density at radius 1 is 1.18 bits per heavy atom. The number of nitrogens with zero attached hydrogens (tertiary/aromatic N) is 1. The first-order valence-corrected chi connectivity index (χ1v) is 12.6. The number of esters is 1. The summed E-state index contributed by atoms with van der Waals surface area (Å²) < 4.78 is 21.4. The van der Waals surface area contributed by atoms with Crippen LogP contribution in [-0.4, -0.2) is 55.3 Å². The molecular formula is C30H41NO7. The van der Waals surface area contributed by atoms with Crippen molar-refractivity contribution in [3.05, 3.63) is 59.6 Å². The number of ether oxygens (including phenoxy) is 4. The Balaban J connectivity index is 0.00000229. The second-order valence-electron chi connectivity index (χ2n) is 9.60. The predicted molar refractivity (Wildman–Crippen MR) is 146 cm³/mol. The molecule has 8 nitrogen and oxygen atoms in total. The number of terminal acetylenes is 1. The van der Waals surface area contributed by atoms with Crippen LogP contribution in [0.4, 0.5) is 4.79 Å².